The predicted octanol–water partition coefficient (Wildman–Crippen LogP) is 3.74. The van der Waals surface area contributed by atoms with Gasteiger partial charge in [0.2, 0.25) is 0 Å². The van der Waals surface area contributed by atoms with Crippen LogP contribution >= 0.6 is 0 Å². The lowest BCUT2D eigenvalue weighted by Gasteiger charge is -2.15. The second-order valence-corrected chi connectivity index (χ2v) is 5.45. The molecule has 0 atom stereocenters. The van der Waals surface area contributed by atoms with Gasteiger partial charge >= 0.3 is 5.97 Å². The van der Waals surface area contributed by atoms with Gasteiger partial charge in [-0.3, -0.25) is 0 Å². The number of hydrogen-bond acceptors (Lipinski definition) is 4. The molecule has 0 radical (unpaired) electrons. The minimum atomic E-state index is -1.08. The second-order valence-electron chi connectivity index (χ2n) is 5.45. The summed E-state index contributed by atoms with van der Waals surface area (Å²) in [5.74, 6) is -0.329. The molecule has 1 aliphatic rings. The van der Waals surface area contributed by atoms with E-state index in [0.29, 0.717) is 12.2 Å². The minimum Gasteiger partial charge on any atom is -0.494 e. The fraction of sp³-hybridized carbons (Fsp3) is 0.529. The van der Waals surface area contributed by atoms with Crippen LogP contribution in [0.15, 0.2) is 23.4 Å². The highest BCUT2D eigenvalue weighted by atomic mass is 16.6. The average Bonchev–Trinajstić information content (AvgIpc) is 2.53. The fourth-order valence-electron chi connectivity index (χ4n) is 2.45. The number of unbranched alkanes of at least 4 members (excludes halogenated alkanes) is 5. The summed E-state index contributed by atoms with van der Waals surface area (Å²) in [7, 11) is 0. The molecule has 1 aromatic carbocycles. The van der Waals surface area contributed by atoms with Crippen molar-refractivity contribution >= 4 is 11.7 Å². The van der Waals surface area contributed by atoms with Crippen molar-refractivity contribution in [1.82, 2.24) is 0 Å². The Morgan fingerprint density at radius 1 is 1.27 bits per heavy atom. The van der Waals surface area contributed by atoms with E-state index in [9.17, 15) is 4.79 Å². The summed E-state index contributed by atoms with van der Waals surface area (Å²) in [4.78, 5) is 16.0. The van der Waals surface area contributed by atoms with Gasteiger partial charge in [-0.25, -0.2) is 4.79 Å². The van der Waals surface area contributed by atoms with Crippen molar-refractivity contribution < 1.29 is 19.5 Å². The number of fused-ring (bicyclic) bond motifs is 1. The standard InChI is InChI=1S/C17H23NO4/c1-2-3-4-5-6-7-10-21-14-8-9-15-13(11-14)12-22-18-16(15)17(19)20/h8-9,11H,2-7,10,12H2,1H3,(H,19,20). The maximum atomic E-state index is 11.1. The molecule has 1 N–H and O–H groups in total. The number of aliphatic carboxylic acids is 1. The summed E-state index contributed by atoms with van der Waals surface area (Å²) in [6.07, 6.45) is 7.34. The molecule has 2 rings (SSSR count). The van der Waals surface area contributed by atoms with Crippen LogP contribution in [0.5, 0.6) is 5.75 Å². The van der Waals surface area contributed by atoms with Crippen molar-refractivity contribution in [3.8, 4) is 5.75 Å². The lowest BCUT2D eigenvalue weighted by atomic mass is 10.0. The SMILES string of the molecule is CCCCCCCCOc1ccc2c(c1)CON=C2C(=O)O. The van der Waals surface area contributed by atoms with E-state index in [4.69, 9.17) is 14.7 Å². The first-order chi connectivity index (χ1) is 10.7. The van der Waals surface area contributed by atoms with Crippen LogP contribution in [0, 0.1) is 0 Å². The second kappa shape index (κ2) is 8.41. The Morgan fingerprint density at radius 2 is 2.05 bits per heavy atom. The van der Waals surface area contributed by atoms with E-state index < -0.39 is 5.97 Å². The van der Waals surface area contributed by atoms with Crippen molar-refractivity contribution in [3.63, 3.8) is 0 Å². The molecule has 1 heterocycles. The monoisotopic (exact) mass is 305 g/mol. The maximum Gasteiger partial charge on any atom is 0.358 e. The van der Waals surface area contributed by atoms with Crippen LogP contribution in [0.1, 0.15) is 56.6 Å². The zero-order chi connectivity index (χ0) is 15.8. The first-order valence-corrected chi connectivity index (χ1v) is 7.91. The largest absolute Gasteiger partial charge is 0.494 e. The van der Waals surface area contributed by atoms with Crippen LogP contribution in [0.4, 0.5) is 0 Å². The summed E-state index contributed by atoms with van der Waals surface area (Å²) in [6.45, 7) is 3.18. The Hall–Kier alpha value is -2.04. The summed E-state index contributed by atoms with van der Waals surface area (Å²) in [6, 6.07) is 5.37. The number of carboxylic acids is 1. The van der Waals surface area contributed by atoms with Gasteiger partial charge in [0.15, 0.2) is 5.71 Å². The van der Waals surface area contributed by atoms with E-state index in [1.54, 1.807) is 12.1 Å². The molecule has 1 aromatic rings. The number of ether oxygens (including phenoxy) is 1. The van der Waals surface area contributed by atoms with Gasteiger partial charge in [-0.1, -0.05) is 44.2 Å². The molecule has 0 unspecified atom stereocenters. The number of carbonyl (C=O) groups is 1. The smallest absolute Gasteiger partial charge is 0.358 e. The van der Waals surface area contributed by atoms with Crippen LogP contribution in [0.25, 0.3) is 0 Å². The van der Waals surface area contributed by atoms with Crippen molar-refractivity contribution in [1.29, 1.82) is 0 Å². The molecule has 0 aromatic heterocycles. The van der Waals surface area contributed by atoms with Crippen LogP contribution in [-0.2, 0) is 16.2 Å². The highest BCUT2D eigenvalue weighted by Gasteiger charge is 2.21. The van der Waals surface area contributed by atoms with E-state index in [1.807, 2.05) is 6.07 Å². The van der Waals surface area contributed by atoms with Crippen LogP contribution in [0.3, 0.4) is 0 Å². The molecule has 0 amide bonds. The van der Waals surface area contributed by atoms with Gasteiger partial charge < -0.3 is 14.7 Å². The summed E-state index contributed by atoms with van der Waals surface area (Å²) in [5, 5.41) is 12.7. The molecular weight excluding hydrogens is 282 g/mol. The quantitative estimate of drug-likeness (QED) is 0.706. The van der Waals surface area contributed by atoms with Crippen molar-refractivity contribution in [3.05, 3.63) is 29.3 Å². The van der Waals surface area contributed by atoms with Crippen molar-refractivity contribution in [2.24, 2.45) is 5.16 Å². The Bertz CT molecular complexity index is 539. The van der Waals surface area contributed by atoms with Crippen molar-refractivity contribution in [2.75, 3.05) is 6.61 Å². The highest BCUT2D eigenvalue weighted by molar-refractivity contribution is 6.42. The highest BCUT2D eigenvalue weighted by Crippen LogP contribution is 2.23. The van der Waals surface area contributed by atoms with Gasteiger partial charge in [-0.2, -0.15) is 0 Å². The molecule has 0 bridgehead atoms. The molecule has 22 heavy (non-hydrogen) atoms. The van der Waals surface area contributed by atoms with Crippen LogP contribution in [0.2, 0.25) is 0 Å². The summed E-state index contributed by atoms with van der Waals surface area (Å²) >= 11 is 0. The van der Waals surface area contributed by atoms with Gasteiger partial charge in [0.25, 0.3) is 0 Å². The average molecular weight is 305 g/mol. The molecule has 0 fully saturated rings. The van der Waals surface area contributed by atoms with E-state index >= 15 is 0 Å². The first-order valence-electron chi connectivity index (χ1n) is 7.91. The van der Waals surface area contributed by atoms with Gasteiger partial charge in [0, 0.05) is 11.1 Å². The van der Waals surface area contributed by atoms with E-state index in [1.165, 1.54) is 32.1 Å². The zero-order valence-corrected chi connectivity index (χ0v) is 13.0. The zero-order valence-electron chi connectivity index (χ0n) is 13.0. The molecule has 5 nitrogen and oxygen atoms in total. The molecule has 0 saturated heterocycles. The van der Waals surface area contributed by atoms with Gasteiger partial charge in [0.1, 0.15) is 12.4 Å². The number of carboxylic acid groups (broad SMARTS) is 1. The molecule has 1 aliphatic heterocycles. The molecule has 0 aliphatic carbocycles. The number of nitrogens with zero attached hydrogens (tertiary/aromatic N) is 1. The van der Waals surface area contributed by atoms with Crippen LogP contribution < -0.4 is 4.74 Å². The Morgan fingerprint density at radius 3 is 2.82 bits per heavy atom. The summed E-state index contributed by atoms with van der Waals surface area (Å²) < 4.78 is 5.73. The van der Waals surface area contributed by atoms with Gasteiger partial charge in [-0.05, 0) is 24.6 Å². The van der Waals surface area contributed by atoms with E-state index in [-0.39, 0.29) is 12.3 Å². The molecule has 120 valence electrons. The molecule has 0 spiro atoms. The fourth-order valence-corrected chi connectivity index (χ4v) is 2.45. The van der Waals surface area contributed by atoms with E-state index in [0.717, 1.165) is 17.7 Å². The maximum absolute atomic E-state index is 11.1. The number of hydrogen-bond donors (Lipinski definition) is 1. The van der Waals surface area contributed by atoms with E-state index in [2.05, 4.69) is 12.1 Å². The summed E-state index contributed by atoms with van der Waals surface area (Å²) in [5.41, 5.74) is 1.35. The Labute approximate surface area is 130 Å². The minimum absolute atomic E-state index is 0.0521. The topological polar surface area (TPSA) is 68.1 Å². The predicted molar refractivity (Wildman–Crippen MR) is 84.3 cm³/mol. The molecular formula is C17H23NO4. The lowest BCUT2D eigenvalue weighted by Crippen LogP contribution is -2.20. The third kappa shape index (κ3) is 4.48. The van der Waals surface area contributed by atoms with Crippen LogP contribution in [-0.4, -0.2) is 23.4 Å². The van der Waals surface area contributed by atoms with Gasteiger partial charge in [-0.15, -0.1) is 0 Å². The third-order valence-electron chi connectivity index (χ3n) is 3.68. The number of oxime groups is 1. The lowest BCUT2D eigenvalue weighted by molar-refractivity contribution is -0.129. The molecule has 5 heteroatoms. The normalized spacial score (nSPS) is 13.0. The third-order valence-corrected chi connectivity index (χ3v) is 3.68. The first kappa shape index (κ1) is 16.3. The Kier molecular flexibility index (Phi) is 6.25. The number of rotatable bonds is 9. The molecule has 0 saturated carbocycles. The Balaban J connectivity index is 1.82. The number of benzene rings is 1. The van der Waals surface area contributed by atoms with Crippen molar-refractivity contribution in [2.45, 2.75) is 52.1 Å². The van der Waals surface area contributed by atoms with Gasteiger partial charge in [0.05, 0.1) is 6.61 Å².